The smallest absolute Gasteiger partial charge is 0.317 e. The maximum atomic E-state index is 12.6. The van der Waals surface area contributed by atoms with Crippen LogP contribution in [0.4, 0.5) is 4.79 Å². The van der Waals surface area contributed by atoms with E-state index in [-0.39, 0.29) is 12.1 Å². The number of carbonyl (C=O) groups is 1. The summed E-state index contributed by atoms with van der Waals surface area (Å²) in [5.74, 6) is 1.41. The number of nitrogens with one attached hydrogen (secondary N) is 1. The molecule has 2 aliphatic rings. The fourth-order valence-electron chi connectivity index (χ4n) is 3.81. The van der Waals surface area contributed by atoms with Crippen LogP contribution in [0.25, 0.3) is 0 Å². The molecule has 0 saturated carbocycles. The van der Waals surface area contributed by atoms with Crippen molar-refractivity contribution in [3.05, 3.63) is 24.2 Å². The molecule has 0 spiro atoms. The highest BCUT2D eigenvalue weighted by Crippen LogP contribution is 2.24. The number of urea groups is 1. The highest BCUT2D eigenvalue weighted by atomic mass is 16.5. The minimum absolute atomic E-state index is 0.0166. The van der Waals surface area contributed by atoms with E-state index < -0.39 is 0 Å². The van der Waals surface area contributed by atoms with Crippen LogP contribution in [0.3, 0.4) is 0 Å². The maximum absolute atomic E-state index is 12.6. The van der Waals surface area contributed by atoms with Crippen molar-refractivity contribution in [2.45, 2.75) is 38.6 Å². The van der Waals surface area contributed by atoms with Crippen LogP contribution in [-0.4, -0.2) is 61.8 Å². The Bertz CT molecular complexity index is 508. The highest BCUT2D eigenvalue weighted by Gasteiger charge is 2.26. The molecule has 2 amide bonds. The molecule has 25 heavy (non-hydrogen) atoms. The lowest BCUT2D eigenvalue weighted by atomic mass is 10.1. The first-order valence-corrected chi connectivity index (χ1v) is 9.66. The Morgan fingerprint density at radius 2 is 2.24 bits per heavy atom. The summed E-state index contributed by atoms with van der Waals surface area (Å²) in [6.07, 6.45) is 6.49. The van der Waals surface area contributed by atoms with Crippen LogP contribution >= 0.6 is 0 Å². The lowest BCUT2D eigenvalue weighted by molar-refractivity contribution is 0.137. The van der Waals surface area contributed by atoms with Crippen molar-refractivity contribution in [2.24, 2.45) is 5.92 Å². The Hall–Kier alpha value is -1.53. The average Bonchev–Trinajstić information content (AvgIpc) is 3.35. The number of piperidine rings is 1. The van der Waals surface area contributed by atoms with Gasteiger partial charge in [0.25, 0.3) is 0 Å². The SMILES string of the molecule is CCN(C[C@H]1CCOC1)C(=O)NC[C@H](c1ccco1)N1CCCCC1. The molecule has 0 aromatic carbocycles. The van der Waals surface area contributed by atoms with Gasteiger partial charge in [0.15, 0.2) is 0 Å². The quantitative estimate of drug-likeness (QED) is 0.822. The van der Waals surface area contributed by atoms with Crippen LogP contribution < -0.4 is 5.32 Å². The van der Waals surface area contributed by atoms with E-state index >= 15 is 0 Å². The molecule has 1 N–H and O–H groups in total. The third-order valence-corrected chi connectivity index (χ3v) is 5.32. The number of likely N-dealkylation sites (tertiary alicyclic amines) is 1. The summed E-state index contributed by atoms with van der Waals surface area (Å²) < 4.78 is 11.1. The van der Waals surface area contributed by atoms with Crippen LogP contribution in [0, 0.1) is 5.92 Å². The zero-order valence-corrected chi connectivity index (χ0v) is 15.3. The molecule has 0 bridgehead atoms. The van der Waals surface area contributed by atoms with Gasteiger partial charge in [0.2, 0.25) is 0 Å². The molecule has 0 aliphatic carbocycles. The summed E-state index contributed by atoms with van der Waals surface area (Å²) in [5, 5.41) is 3.14. The summed E-state index contributed by atoms with van der Waals surface area (Å²) in [5.41, 5.74) is 0. The van der Waals surface area contributed by atoms with Crippen LogP contribution in [-0.2, 0) is 4.74 Å². The molecule has 2 aliphatic heterocycles. The Morgan fingerprint density at radius 1 is 1.40 bits per heavy atom. The number of ether oxygens (including phenoxy) is 1. The molecule has 6 nitrogen and oxygen atoms in total. The average molecular weight is 349 g/mol. The van der Waals surface area contributed by atoms with E-state index in [4.69, 9.17) is 9.15 Å². The van der Waals surface area contributed by atoms with E-state index in [1.165, 1.54) is 19.3 Å². The number of hydrogen-bond donors (Lipinski definition) is 1. The largest absolute Gasteiger partial charge is 0.468 e. The molecule has 3 heterocycles. The van der Waals surface area contributed by atoms with Gasteiger partial charge in [0, 0.05) is 32.2 Å². The van der Waals surface area contributed by atoms with Crippen LogP contribution in [0.1, 0.15) is 44.4 Å². The zero-order chi connectivity index (χ0) is 17.5. The molecule has 140 valence electrons. The summed E-state index contributed by atoms with van der Waals surface area (Å²) in [6.45, 7) is 7.84. The Kier molecular flexibility index (Phi) is 6.76. The molecule has 1 aromatic rings. The molecule has 1 aromatic heterocycles. The second kappa shape index (κ2) is 9.25. The van der Waals surface area contributed by atoms with Gasteiger partial charge in [-0.3, -0.25) is 4.90 Å². The van der Waals surface area contributed by atoms with Gasteiger partial charge in [0.1, 0.15) is 5.76 Å². The second-order valence-electron chi connectivity index (χ2n) is 7.08. The maximum Gasteiger partial charge on any atom is 0.317 e. The van der Waals surface area contributed by atoms with Gasteiger partial charge in [-0.05, 0) is 51.4 Å². The van der Waals surface area contributed by atoms with Gasteiger partial charge in [-0.15, -0.1) is 0 Å². The normalized spacial score (nSPS) is 22.7. The van der Waals surface area contributed by atoms with Gasteiger partial charge < -0.3 is 19.4 Å². The molecule has 0 unspecified atom stereocenters. The first-order chi connectivity index (χ1) is 12.3. The van der Waals surface area contributed by atoms with Gasteiger partial charge >= 0.3 is 6.03 Å². The molecule has 0 radical (unpaired) electrons. The van der Waals surface area contributed by atoms with Gasteiger partial charge in [-0.25, -0.2) is 4.79 Å². The van der Waals surface area contributed by atoms with Gasteiger partial charge in [0.05, 0.1) is 18.9 Å². The number of amides is 2. The van der Waals surface area contributed by atoms with Crippen molar-refractivity contribution in [3.63, 3.8) is 0 Å². The van der Waals surface area contributed by atoms with E-state index in [0.717, 1.165) is 51.6 Å². The zero-order valence-electron chi connectivity index (χ0n) is 15.3. The van der Waals surface area contributed by atoms with E-state index in [9.17, 15) is 4.79 Å². The molecular weight excluding hydrogens is 318 g/mol. The van der Waals surface area contributed by atoms with E-state index in [0.29, 0.717) is 12.5 Å². The molecular formula is C19H31N3O3. The first kappa shape index (κ1) is 18.3. The Morgan fingerprint density at radius 3 is 2.88 bits per heavy atom. The summed E-state index contributed by atoms with van der Waals surface area (Å²) in [7, 11) is 0. The van der Waals surface area contributed by atoms with Crippen LogP contribution in [0.2, 0.25) is 0 Å². The number of carbonyl (C=O) groups excluding carboxylic acids is 1. The standard InChI is InChI=1S/C19H31N3O3/c1-2-21(14-16-8-12-24-15-16)19(23)20-13-17(18-7-6-11-25-18)22-9-4-3-5-10-22/h6-7,11,16-17H,2-5,8-10,12-15H2,1H3,(H,20,23)/t16-,17-/m1/s1. The predicted molar refractivity (Wildman–Crippen MR) is 96.4 cm³/mol. The van der Waals surface area contributed by atoms with Crippen molar-refractivity contribution in [2.75, 3.05) is 45.9 Å². The summed E-state index contributed by atoms with van der Waals surface area (Å²) >= 11 is 0. The van der Waals surface area contributed by atoms with Crippen molar-refractivity contribution < 1.29 is 13.9 Å². The fourth-order valence-corrected chi connectivity index (χ4v) is 3.81. The lowest BCUT2D eigenvalue weighted by Crippen LogP contribution is -2.46. The minimum atomic E-state index is 0.0166. The summed E-state index contributed by atoms with van der Waals surface area (Å²) in [6, 6.07) is 4.07. The monoisotopic (exact) mass is 349 g/mol. The Labute approximate surface area is 150 Å². The third kappa shape index (κ3) is 4.98. The molecule has 2 fully saturated rings. The molecule has 2 saturated heterocycles. The predicted octanol–water partition coefficient (Wildman–Crippen LogP) is 2.87. The number of furan rings is 1. The van der Waals surface area contributed by atoms with Gasteiger partial charge in [-0.1, -0.05) is 6.42 Å². The van der Waals surface area contributed by atoms with Crippen molar-refractivity contribution in [3.8, 4) is 0 Å². The van der Waals surface area contributed by atoms with Crippen LogP contribution in [0.15, 0.2) is 22.8 Å². The highest BCUT2D eigenvalue weighted by molar-refractivity contribution is 5.74. The Balaban J connectivity index is 1.56. The first-order valence-electron chi connectivity index (χ1n) is 9.66. The van der Waals surface area contributed by atoms with E-state index in [1.54, 1.807) is 6.26 Å². The topological polar surface area (TPSA) is 58.0 Å². The second-order valence-corrected chi connectivity index (χ2v) is 7.08. The molecule has 2 atom stereocenters. The minimum Gasteiger partial charge on any atom is -0.468 e. The number of rotatable bonds is 7. The van der Waals surface area contributed by atoms with Crippen molar-refractivity contribution in [1.82, 2.24) is 15.1 Å². The lowest BCUT2D eigenvalue weighted by Gasteiger charge is -2.34. The van der Waals surface area contributed by atoms with Crippen LogP contribution in [0.5, 0.6) is 0 Å². The molecule has 3 rings (SSSR count). The number of hydrogen-bond acceptors (Lipinski definition) is 4. The van der Waals surface area contributed by atoms with E-state index in [1.807, 2.05) is 24.0 Å². The molecule has 6 heteroatoms. The fraction of sp³-hybridized carbons (Fsp3) is 0.737. The van der Waals surface area contributed by atoms with E-state index in [2.05, 4.69) is 10.2 Å². The summed E-state index contributed by atoms with van der Waals surface area (Å²) in [4.78, 5) is 17.0. The van der Waals surface area contributed by atoms with Crippen molar-refractivity contribution >= 4 is 6.03 Å². The van der Waals surface area contributed by atoms with Gasteiger partial charge in [-0.2, -0.15) is 0 Å². The van der Waals surface area contributed by atoms with Crippen molar-refractivity contribution in [1.29, 1.82) is 0 Å². The third-order valence-electron chi connectivity index (χ3n) is 5.32. The number of nitrogens with zero attached hydrogens (tertiary/aromatic N) is 2.